The molecule has 8 rings (SSSR count). The number of carbonyl (C=O) groups is 18. The standard InChI is InChI=1S/C87H124N24O20S/c1-7-9-23-65-79(124)99-56(22-15-33-94-87(92)93)75(120)106-64(74(119)97-43-71(91)116)45-132-46-72(117)98-59(36-48-27-29-51(113)30-28-48)82(127)107(4)47(3)73(118)102-61(39-70(90)115)85(130)111-35-17-26-67(111)81(126)104-62(40-88)77(122)100-57(31-32-69(89)114)84(129)110-34-16-25-66(110)80(125)101-58(37-49-41-95-54-20-13-11-18-52(49)54)76(121)105-63(44-112)78(123)103-60(38-50-42-96-55-21-14-12-19-53(50)55)83(128)109(6)68(24-10-8-2)86(131)108(65)5/h11-14,18-21,27-30,41-42,47,56-68,95-96,112-113H,7-10,15-17,22-26,31-40,43-46,88H2,1-6H3,(H2,89,114)(H2,90,115)(H2,91,116)(H,97,119)(H,98,117)(H,99,124)(H,100,122)(H,101,125)(H,102,118)(H,103,123)(H,104,126)(H,105,121)(H,106,120)(H4,92,93,94)/t47-,56-,57-,58-,59-,60-,61-,62-,63-,64-,65-,66-,67-,68-/m0/s1. The number of nitrogens with two attached hydrogens (primary N) is 5. The Morgan fingerprint density at radius 2 is 0.985 bits per heavy atom. The van der Waals surface area contributed by atoms with Crippen LogP contribution in [0.1, 0.15) is 134 Å². The molecule has 132 heavy (non-hydrogen) atoms. The highest BCUT2D eigenvalue weighted by Gasteiger charge is 2.45. The summed E-state index contributed by atoms with van der Waals surface area (Å²) in [5.74, 6) is -18.9. The second-order valence-corrected chi connectivity index (χ2v) is 34.1. The first kappa shape index (κ1) is 104. The zero-order valence-electron chi connectivity index (χ0n) is 74.8. The van der Waals surface area contributed by atoms with Crippen LogP contribution in [-0.4, -0.2) is 314 Å². The van der Waals surface area contributed by atoms with E-state index in [0.29, 0.717) is 64.2 Å². The van der Waals surface area contributed by atoms with Crippen LogP contribution in [0.25, 0.3) is 21.8 Å². The van der Waals surface area contributed by atoms with Gasteiger partial charge in [0, 0.05) is 113 Å². The number of benzene rings is 3. The number of hydrogen-bond donors (Lipinski definition) is 21. The summed E-state index contributed by atoms with van der Waals surface area (Å²) in [5, 5.41) is 59.0. The number of aromatic nitrogens is 2. The second kappa shape index (κ2) is 50.1. The van der Waals surface area contributed by atoms with Crippen LogP contribution in [0.2, 0.25) is 0 Å². The van der Waals surface area contributed by atoms with Crippen molar-refractivity contribution in [2.75, 3.05) is 72.0 Å². The number of aromatic hydroxyl groups is 1. The Labute approximate surface area is 766 Å². The third-order valence-corrected chi connectivity index (χ3v) is 24.6. The van der Waals surface area contributed by atoms with E-state index in [1.165, 1.54) is 52.3 Å². The van der Waals surface area contributed by atoms with Gasteiger partial charge in [0.2, 0.25) is 106 Å². The molecule has 0 spiro atoms. The van der Waals surface area contributed by atoms with E-state index in [9.17, 15) is 63.0 Å². The second-order valence-electron chi connectivity index (χ2n) is 33.1. The number of H-pyrrole nitrogens is 2. The van der Waals surface area contributed by atoms with E-state index in [0.717, 1.165) is 36.3 Å². The summed E-state index contributed by atoms with van der Waals surface area (Å²) in [4.78, 5) is 272. The average Bonchev–Trinajstić information content (AvgIpc) is 1.67. The maximum atomic E-state index is 15.7. The summed E-state index contributed by atoms with van der Waals surface area (Å²) in [6.07, 6.45) is 2.24. The largest absolute Gasteiger partial charge is 0.508 e. The van der Waals surface area contributed by atoms with Gasteiger partial charge in [-0.2, -0.15) is 0 Å². The molecule has 0 unspecified atom stereocenters. The van der Waals surface area contributed by atoms with Gasteiger partial charge in [0.05, 0.1) is 25.3 Å². The quantitative estimate of drug-likeness (QED) is 0.0141. The third-order valence-electron chi connectivity index (χ3n) is 23.5. The molecule has 718 valence electrons. The zero-order valence-corrected chi connectivity index (χ0v) is 75.6. The van der Waals surface area contributed by atoms with Gasteiger partial charge in [0.1, 0.15) is 90.3 Å². The van der Waals surface area contributed by atoms with Gasteiger partial charge >= 0.3 is 0 Å². The topological polar surface area (TPSA) is 682 Å². The number of rotatable bonds is 26. The number of phenols is 1. The molecule has 0 bridgehead atoms. The molecule has 0 saturated carbocycles. The molecule has 0 radical (unpaired) electrons. The lowest BCUT2D eigenvalue weighted by molar-refractivity contribution is -0.149. The Bertz CT molecular complexity index is 4990. The van der Waals surface area contributed by atoms with E-state index in [1.807, 2.05) is 13.8 Å². The number of primary amides is 3. The number of guanidine groups is 1. The molecule has 3 aromatic carbocycles. The Hall–Kier alpha value is -13.5. The number of amides is 18. The van der Waals surface area contributed by atoms with Crippen molar-refractivity contribution in [3.63, 3.8) is 0 Å². The first-order valence-electron chi connectivity index (χ1n) is 44.0. The Kier molecular flexibility index (Phi) is 39.4. The summed E-state index contributed by atoms with van der Waals surface area (Å²) in [7, 11) is 3.88. The number of nitrogens with zero attached hydrogens (tertiary/aromatic N) is 5. The highest BCUT2D eigenvalue weighted by atomic mass is 32.2. The fourth-order valence-corrected chi connectivity index (χ4v) is 16.9. The van der Waals surface area contributed by atoms with Crippen LogP contribution in [0.15, 0.2) is 85.2 Å². The van der Waals surface area contributed by atoms with E-state index >= 15 is 33.6 Å². The van der Waals surface area contributed by atoms with E-state index in [-0.39, 0.29) is 96.0 Å². The predicted molar refractivity (Wildman–Crippen MR) is 484 cm³/mol. The number of aromatic amines is 2. The summed E-state index contributed by atoms with van der Waals surface area (Å²) in [6.45, 7) is 2.18. The molecule has 18 amide bonds. The number of fused-ring (bicyclic) bond motifs is 4. The number of hydrogen-bond acceptors (Lipinski definition) is 23. The molecule has 0 aliphatic carbocycles. The van der Waals surface area contributed by atoms with Crippen LogP contribution in [0.3, 0.4) is 0 Å². The lowest BCUT2D eigenvalue weighted by Gasteiger charge is -2.36. The number of thioether (sulfide) groups is 1. The van der Waals surface area contributed by atoms with Crippen molar-refractivity contribution in [2.45, 2.75) is 221 Å². The molecule has 3 aliphatic rings. The van der Waals surface area contributed by atoms with Gasteiger partial charge in [-0.25, -0.2) is 0 Å². The third kappa shape index (κ3) is 29.0. The Balaban J connectivity index is 1.18. The van der Waals surface area contributed by atoms with Crippen molar-refractivity contribution in [3.8, 4) is 5.75 Å². The van der Waals surface area contributed by atoms with Gasteiger partial charge in [-0.1, -0.05) is 88.1 Å². The number of aliphatic hydroxyl groups is 1. The molecule has 3 fully saturated rings. The van der Waals surface area contributed by atoms with Gasteiger partial charge in [-0.05, 0) is 106 Å². The molecule has 3 saturated heterocycles. The van der Waals surface area contributed by atoms with Gasteiger partial charge in [-0.15, -0.1) is 11.8 Å². The van der Waals surface area contributed by atoms with Crippen molar-refractivity contribution < 1.29 is 96.5 Å². The zero-order chi connectivity index (χ0) is 96.7. The summed E-state index contributed by atoms with van der Waals surface area (Å²) in [5.41, 5.74) is 31.1. The lowest BCUT2D eigenvalue weighted by atomic mass is 10.00. The average molecular weight is 1860 g/mol. The molecule has 44 nitrogen and oxygen atoms in total. The number of likely N-dealkylation sites (N-methyl/N-ethyl adjacent to an activating group) is 3. The van der Waals surface area contributed by atoms with Crippen LogP contribution in [0.5, 0.6) is 5.75 Å². The number of para-hydroxylation sites is 2. The van der Waals surface area contributed by atoms with E-state index in [2.05, 4.69) is 68.5 Å². The Morgan fingerprint density at radius 1 is 0.492 bits per heavy atom. The molecule has 5 aromatic rings. The van der Waals surface area contributed by atoms with E-state index in [4.69, 9.17) is 34.1 Å². The maximum absolute atomic E-state index is 15.7. The first-order valence-corrected chi connectivity index (χ1v) is 45.1. The highest BCUT2D eigenvalue weighted by molar-refractivity contribution is 8.00. The van der Waals surface area contributed by atoms with Crippen LogP contribution >= 0.6 is 11.8 Å². The van der Waals surface area contributed by atoms with Gasteiger partial charge < -0.3 is 132 Å². The number of carbonyl (C=O) groups excluding carboxylic acids is 18. The number of phenolic OH excluding ortho intramolecular Hbond substituents is 1. The van der Waals surface area contributed by atoms with Crippen LogP contribution in [0, 0.1) is 5.41 Å². The fourth-order valence-electron chi connectivity index (χ4n) is 16.0. The van der Waals surface area contributed by atoms with Crippen molar-refractivity contribution in [3.05, 3.63) is 102 Å². The van der Waals surface area contributed by atoms with E-state index < -0.39 is 247 Å². The van der Waals surface area contributed by atoms with Crippen LogP contribution < -0.4 is 87.2 Å². The number of aliphatic hydroxyl groups excluding tert-OH is 1. The summed E-state index contributed by atoms with van der Waals surface area (Å²) in [6, 6.07) is -2.44. The smallest absolute Gasteiger partial charge is 0.246 e. The van der Waals surface area contributed by atoms with Gasteiger partial charge in [0.25, 0.3) is 0 Å². The van der Waals surface area contributed by atoms with Crippen molar-refractivity contribution in [2.24, 2.45) is 28.7 Å². The minimum Gasteiger partial charge on any atom is -0.508 e. The van der Waals surface area contributed by atoms with Gasteiger partial charge in [0.15, 0.2) is 5.96 Å². The van der Waals surface area contributed by atoms with Crippen molar-refractivity contribution >= 4 is 146 Å². The monoisotopic (exact) mass is 1860 g/mol. The molecule has 45 heteroatoms. The minimum absolute atomic E-state index is 0.0133. The molecule has 2 aromatic heterocycles. The normalized spacial score (nSPS) is 24.4. The molecule has 3 aliphatic heterocycles. The molecular formula is C87H124N24O20S. The highest BCUT2D eigenvalue weighted by Crippen LogP contribution is 2.27. The summed E-state index contributed by atoms with van der Waals surface area (Å²) >= 11 is 0.753. The summed E-state index contributed by atoms with van der Waals surface area (Å²) < 4.78 is 0. The molecule has 5 heterocycles. The van der Waals surface area contributed by atoms with Crippen molar-refractivity contribution in [1.82, 2.24) is 93.0 Å². The maximum Gasteiger partial charge on any atom is 0.246 e. The molecule has 26 N–H and O–H groups in total. The predicted octanol–water partition coefficient (Wildman–Crippen LogP) is -4.69. The molecular weight excluding hydrogens is 1730 g/mol. The molecule has 14 atom stereocenters. The number of unbranched alkanes of at least 4 members (excludes halogenated alkanes) is 2. The first-order chi connectivity index (χ1) is 62.9. The fraction of sp³-hybridized carbons (Fsp3) is 0.529. The van der Waals surface area contributed by atoms with Crippen LogP contribution in [0.4, 0.5) is 0 Å². The SMILES string of the molecule is CCCC[C@H]1C(=O)N(C)[C@@H](CCCC)C(=O)N[C@@H](CCCNC(=N)N)C(=O)N[C@H](C(=O)NCC(N)=O)CSCC(=O)N[C@@H](Cc2ccc(O)cc2)C(=O)N(C)[C@@H](C)C(=O)N[C@@H](CC(N)=O)C(=O)N2CCC[C@H]2C(=O)N[C@@H](CN)C(=O)N[C@@H](CCC(N)=O)C(=O)N2CCC[C@H]2C(=O)N[C@@H](Cc2c[nH]c3ccccc23)C(=O)N[C@@H](CO)C(=O)N[C@@H](Cc2c[nH]c3ccccc23)C(=O)N1C. The lowest BCUT2D eigenvalue weighted by Crippen LogP contribution is -2.62. The van der Waals surface area contributed by atoms with Crippen LogP contribution in [-0.2, 0) is 106 Å². The number of nitrogens with one attached hydrogen (secondary N) is 14. The Morgan fingerprint density at radius 3 is 1.55 bits per heavy atom. The van der Waals surface area contributed by atoms with Crippen molar-refractivity contribution in [1.29, 1.82) is 5.41 Å². The van der Waals surface area contributed by atoms with Gasteiger partial charge in [-0.3, -0.25) is 91.7 Å². The van der Waals surface area contributed by atoms with E-state index in [1.54, 1.807) is 60.9 Å². The minimum atomic E-state index is -1.88.